The summed E-state index contributed by atoms with van der Waals surface area (Å²) in [4.78, 5) is 23.4. The first-order chi connectivity index (χ1) is 13.2. The van der Waals surface area contributed by atoms with Gasteiger partial charge in [0.2, 0.25) is 9.84 Å². The molecule has 0 unspecified atom stereocenters. The summed E-state index contributed by atoms with van der Waals surface area (Å²) in [5.41, 5.74) is 4.67. The average molecular weight is 422 g/mol. The molecule has 0 bridgehead atoms. The lowest BCUT2D eigenvalue weighted by atomic mass is 10.2. The Kier molecular flexibility index (Phi) is 5.25. The van der Waals surface area contributed by atoms with E-state index in [1.165, 1.54) is 30.3 Å². The van der Waals surface area contributed by atoms with Crippen LogP contribution in [0.4, 0.5) is 13.8 Å². The van der Waals surface area contributed by atoms with E-state index < -0.39 is 42.4 Å². The van der Waals surface area contributed by atoms with E-state index in [2.05, 4.69) is 5.32 Å². The Balaban J connectivity index is 2.04. The second-order valence-corrected chi connectivity index (χ2v) is 8.74. The van der Waals surface area contributed by atoms with Crippen LogP contribution in [0.1, 0.15) is 20.7 Å². The van der Waals surface area contributed by atoms with Gasteiger partial charge in [0.25, 0.3) is 11.8 Å². The number of hydrogen-bond donors (Lipinski definition) is 2. The number of carbonyl (C=O) groups excluding carboxylic acids is 2. The van der Waals surface area contributed by atoms with E-state index in [0.29, 0.717) is 11.3 Å². The monoisotopic (exact) mass is 422 g/mol. The first-order valence-corrected chi connectivity index (χ1v) is 10.0. The highest BCUT2D eigenvalue weighted by Gasteiger charge is 2.27. The molecule has 0 aliphatic heterocycles. The Morgan fingerprint density at radius 2 is 1.54 bits per heavy atom. The van der Waals surface area contributed by atoms with Crippen molar-refractivity contribution in [2.75, 3.05) is 5.32 Å². The third-order valence-electron chi connectivity index (χ3n) is 3.71. The molecule has 1 aromatic heterocycles. The molecule has 1 heterocycles. The lowest BCUT2D eigenvalue weighted by Gasteiger charge is -2.05. The molecular formula is C18H12F2N2O4S2. The summed E-state index contributed by atoms with van der Waals surface area (Å²) >= 11 is 0.517. The largest absolute Gasteiger partial charge is 0.366 e. The van der Waals surface area contributed by atoms with E-state index in [-0.39, 0.29) is 16.1 Å². The van der Waals surface area contributed by atoms with Gasteiger partial charge < -0.3 is 11.1 Å². The van der Waals surface area contributed by atoms with E-state index in [9.17, 15) is 26.8 Å². The molecule has 0 saturated carbocycles. The van der Waals surface area contributed by atoms with Gasteiger partial charge in [-0.3, -0.25) is 9.59 Å². The number of nitrogens with two attached hydrogens (primary N) is 1. The van der Waals surface area contributed by atoms with Crippen LogP contribution < -0.4 is 11.1 Å². The van der Waals surface area contributed by atoms with E-state index in [1.807, 2.05) is 0 Å². The lowest BCUT2D eigenvalue weighted by Crippen LogP contribution is -2.17. The number of carbonyl (C=O) groups is 2. The number of thiophene rings is 1. The molecule has 2 aromatic carbocycles. The predicted octanol–water partition coefficient (Wildman–Crippen LogP) is 3.21. The molecule has 3 aromatic rings. The number of sulfone groups is 1. The molecule has 144 valence electrons. The zero-order valence-corrected chi connectivity index (χ0v) is 15.6. The minimum atomic E-state index is -4.30. The van der Waals surface area contributed by atoms with E-state index in [4.69, 9.17) is 5.73 Å². The van der Waals surface area contributed by atoms with E-state index in [0.717, 1.165) is 24.3 Å². The maximum absolute atomic E-state index is 13.9. The molecule has 0 spiro atoms. The number of halogens is 2. The highest BCUT2D eigenvalue weighted by atomic mass is 32.2. The maximum Gasteiger partial charge on any atom is 0.259 e. The molecule has 0 fully saturated rings. The standard InChI is InChI=1S/C18H12F2N2O4S2/c19-12-6-2-1-5-10(12)17(24)22-18-11(16(21)23)9-15(27-18)28(25,26)14-8-4-3-7-13(14)20/h1-9H,(H2,21,23)(H,22,24). The fourth-order valence-electron chi connectivity index (χ4n) is 2.36. The van der Waals surface area contributed by atoms with Crippen molar-refractivity contribution in [2.45, 2.75) is 9.10 Å². The summed E-state index contributed by atoms with van der Waals surface area (Å²) in [5.74, 6) is -3.66. The molecule has 28 heavy (non-hydrogen) atoms. The van der Waals surface area contributed by atoms with Crippen molar-refractivity contribution < 1.29 is 26.8 Å². The van der Waals surface area contributed by atoms with Gasteiger partial charge in [-0.2, -0.15) is 0 Å². The fraction of sp³-hybridized carbons (Fsp3) is 0. The van der Waals surface area contributed by atoms with Crippen LogP contribution in [0.25, 0.3) is 0 Å². The van der Waals surface area contributed by atoms with Gasteiger partial charge in [0.15, 0.2) is 0 Å². The molecule has 10 heteroatoms. The molecule has 0 aliphatic carbocycles. The van der Waals surface area contributed by atoms with Crippen LogP contribution in [0.3, 0.4) is 0 Å². The molecule has 2 amide bonds. The Morgan fingerprint density at radius 3 is 2.14 bits per heavy atom. The van der Waals surface area contributed by atoms with Crippen LogP contribution in [-0.2, 0) is 9.84 Å². The molecule has 3 N–H and O–H groups in total. The SMILES string of the molecule is NC(=O)c1cc(S(=O)(=O)c2ccccc2F)sc1NC(=O)c1ccccc1F. The maximum atomic E-state index is 13.9. The topological polar surface area (TPSA) is 106 Å². The Labute approximate surface area is 162 Å². The van der Waals surface area contributed by atoms with Crippen molar-refractivity contribution in [3.63, 3.8) is 0 Å². The number of nitrogens with one attached hydrogen (secondary N) is 1. The smallest absolute Gasteiger partial charge is 0.259 e. The van der Waals surface area contributed by atoms with Gasteiger partial charge in [-0.15, -0.1) is 11.3 Å². The summed E-state index contributed by atoms with van der Waals surface area (Å²) in [7, 11) is -4.30. The predicted molar refractivity (Wildman–Crippen MR) is 99.0 cm³/mol. The zero-order valence-electron chi connectivity index (χ0n) is 14.0. The van der Waals surface area contributed by atoms with Gasteiger partial charge >= 0.3 is 0 Å². The first kappa shape index (κ1) is 19.6. The normalized spacial score (nSPS) is 11.2. The number of amides is 2. The average Bonchev–Trinajstić information content (AvgIpc) is 3.07. The van der Waals surface area contributed by atoms with Crippen molar-refractivity contribution in [2.24, 2.45) is 5.73 Å². The molecule has 0 radical (unpaired) electrons. The molecular weight excluding hydrogens is 410 g/mol. The summed E-state index contributed by atoms with van der Waals surface area (Å²) < 4.78 is 52.7. The zero-order chi connectivity index (χ0) is 20.5. The van der Waals surface area contributed by atoms with Gasteiger partial charge in [0.1, 0.15) is 25.7 Å². The van der Waals surface area contributed by atoms with Crippen LogP contribution in [0.15, 0.2) is 63.7 Å². The fourth-order valence-corrected chi connectivity index (χ4v) is 5.19. The summed E-state index contributed by atoms with van der Waals surface area (Å²) in [6.07, 6.45) is 0. The third-order valence-corrected chi connectivity index (χ3v) is 7.02. The van der Waals surface area contributed by atoms with E-state index >= 15 is 0 Å². The highest BCUT2D eigenvalue weighted by molar-refractivity contribution is 7.93. The van der Waals surface area contributed by atoms with Crippen molar-refractivity contribution in [1.29, 1.82) is 0 Å². The third kappa shape index (κ3) is 3.64. The summed E-state index contributed by atoms with van der Waals surface area (Å²) in [6.45, 7) is 0. The minimum absolute atomic E-state index is 0.185. The van der Waals surface area contributed by atoms with Gasteiger partial charge in [-0.1, -0.05) is 24.3 Å². The van der Waals surface area contributed by atoms with Crippen LogP contribution >= 0.6 is 11.3 Å². The summed E-state index contributed by atoms with van der Waals surface area (Å²) in [5, 5.41) is 2.10. The summed E-state index contributed by atoms with van der Waals surface area (Å²) in [6, 6.07) is 10.8. The highest BCUT2D eigenvalue weighted by Crippen LogP contribution is 2.35. The molecule has 3 rings (SSSR count). The number of rotatable bonds is 5. The van der Waals surface area contributed by atoms with Crippen molar-refractivity contribution in [3.8, 4) is 0 Å². The van der Waals surface area contributed by atoms with Crippen LogP contribution in [0, 0.1) is 11.6 Å². The quantitative estimate of drug-likeness (QED) is 0.658. The Morgan fingerprint density at radius 1 is 0.929 bits per heavy atom. The van der Waals surface area contributed by atoms with Crippen molar-refractivity contribution in [1.82, 2.24) is 0 Å². The van der Waals surface area contributed by atoms with E-state index in [1.54, 1.807) is 0 Å². The number of primary amides is 1. The second-order valence-electron chi connectivity index (χ2n) is 5.54. The number of benzene rings is 2. The molecule has 0 atom stereocenters. The Bertz CT molecular complexity index is 1190. The second kappa shape index (κ2) is 7.49. The molecule has 6 nitrogen and oxygen atoms in total. The van der Waals surface area contributed by atoms with Crippen molar-refractivity contribution in [3.05, 3.63) is 77.4 Å². The molecule has 0 aliphatic rings. The Hall–Kier alpha value is -3.11. The van der Waals surface area contributed by atoms with Crippen molar-refractivity contribution >= 4 is 38.0 Å². The van der Waals surface area contributed by atoms with Gasteiger partial charge in [-0.25, -0.2) is 17.2 Å². The van der Waals surface area contributed by atoms with Gasteiger partial charge in [0.05, 0.1) is 11.1 Å². The number of hydrogen-bond acceptors (Lipinski definition) is 5. The molecule has 0 saturated heterocycles. The van der Waals surface area contributed by atoms with Crippen LogP contribution in [0.2, 0.25) is 0 Å². The number of anilines is 1. The van der Waals surface area contributed by atoms with Gasteiger partial charge in [-0.05, 0) is 30.3 Å². The van der Waals surface area contributed by atoms with Gasteiger partial charge in [0, 0.05) is 0 Å². The lowest BCUT2D eigenvalue weighted by molar-refractivity contribution is 0.100. The minimum Gasteiger partial charge on any atom is -0.366 e. The van der Waals surface area contributed by atoms with Crippen LogP contribution in [0.5, 0.6) is 0 Å². The van der Waals surface area contributed by atoms with Crippen LogP contribution in [-0.4, -0.2) is 20.2 Å². The first-order valence-electron chi connectivity index (χ1n) is 7.71.